The van der Waals surface area contributed by atoms with E-state index in [1.54, 1.807) is 11.3 Å². The second-order valence-corrected chi connectivity index (χ2v) is 5.91. The van der Waals surface area contributed by atoms with Gasteiger partial charge in [-0.05, 0) is 37.3 Å². The number of aliphatic hydroxyl groups is 2. The summed E-state index contributed by atoms with van der Waals surface area (Å²) in [5.74, 6) is 0. The SMILES string of the molecule is Cc1ccc(-c2cc(N)ccc2N(CCO)CCO)s1. The molecule has 0 spiro atoms. The van der Waals surface area contributed by atoms with Crippen LogP contribution in [-0.2, 0) is 0 Å². The van der Waals surface area contributed by atoms with Gasteiger partial charge in [-0.2, -0.15) is 0 Å². The maximum absolute atomic E-state index is 9.20. The van der Waals surface area contributed by atoms with Gasteiger partial charge in [0.2, 0.25) is 0 Å². The Hall–Kier alpha value is -1.56. The molecule has 0 radical (unpaired) electrons. The smallest absolute Gasteiger partial charge is 0.0606 e. The fourth-order valence-corrected chi connectivity index (χ4v) is 3.09. The van der Waals surface area contributed by atoms with Crippen LogP contribution in [0, 0.1) is 6.92 Å². The molecule has 2 aromatic rings. The minimum atomic E-state index is 0.0489. The van der Waals surface area contributed by atoms with E-state index in [-0.39, 0.29) is 13.2 Å². The van der Waals surface area contributed by atoms with Crippen LogP contribution in [0.2, 0.25) is 0 Å². The molecule has 5 heteroatoms. The molecular weight excluding hydrogens is 272 g/mol. The van der Waals surface area contributed by atoms with Gasteiger partial charge in [-0.15, -0.1) is 11.3 Å². The summed E-state index contributed by atoms with van der Waals surface area (Å²) in [6.07, 6.45) is 0. The third-order valence-corrected chi connectivity index (χ3v) is 4.14. The Morgan fingerprint density at radius 1 is 1.10 bits per heavy atom. The van der Waals surface area contributed by atoms with Crippen LogP contribution in [-0.4, -0.2) is 36.5 Å². The van der Waals surface area contributed by atoms with Gasteiger partial charge in [-0.25, -0.2) is 0 Å². The molecule has 1 aromatic heterocycles. The zero-order valence-electron chi connectivity index (χ0n) is 11.5. The number of nitrogen functional groups attached to an aromatic ring is 1. The van der Waals surface area contributed by atoms with E-state index < -0.39 is 0 Å². The number of benzene rings is 1. The zero-order valence-corrected chi connectivity index (χ0v) is 12.4. The molecule has 108 valence electrons. The number of aryl methyl sites for hydroxylation is 1. The average Bonchev–Trinajstić information content (AvgIpc) is 2.85. The van der Waals surface area contributed by atoms with E-state index in [4.69, 9.17) is 5.73 Å². The van der Waals surface area contributed by atoms with Crippen LogP contribution in [0.4, 0.5) is 11.4 Å². The number of anilines is 2. The molecule has 0 aliphatic heterocycles. The van der Waals surface area contributed by atoms with Crippen LogP contribution in [0.15, 0.2) is 30.3 Å². The normalized spacial score (nSPS) is 10.8. The summed E-state index contributed by atoms with van der Waals surface area (Å²) < 4.78 is 0. The maximum atomic E-state index is 9.20. The van der Waals surface area contributed by atoms with Gasteiger partial charge in [-0.1, -0.05) is 0 Å². The van der Waals surface area contributed by atoms with Crippen molar-refractivity contribution in [2.24, 2.45) is 0 Å². The average molecular weight is 292 g/mol. The first-order valence-electron chi connectivity index (χ1n) is 6.58. The second kappa shape index (κ2) is 6.74. The van der Waals surface area contributed by atoms with Gasteiger partial charge in [-0.3, -0.25) is 0 Å². The number of hydrogen-bond donors (Lipinski definition) is 3. The summed E-state index contributed by atoms with van der Waals surface area (Å²) in [5, 5.41) is 18.4. The molecule has 0 unspecified atom stereocenters. The summed E-state index contributed by atoms with van der Waals surface area (Å²) in [7, 11) is 0. The van der Waals surface area contributed by atoms with E-state index in [1.165, 1.54) is 4.88 Å². The van der Waals surface area contributed by atoms with Crippen LogP contribution in [0.1, 0.15) is 4.88 Å². The molecule has 4 nitrogen and oxygen atoms in total. The van der Waals surface area contributed by atoms with Crippen molar-refractivity contribution in [2.75, 3.05) is 36.9 Å². The standard InChI is InChI=1S/C15H20N2O2S/c1-11-2-5-15(20-11)13-10-12(16)3-4-14(13)17(6-8-18)7-9-19/h2-5,10,18-19H,6-9,16H2,1H3. The van der Waals surface area contributed by atoms with Crippen molar-refractivity contribution in [3.8, 4) is 10.4 Å². The molecule has 0 saturated heterocycles. The fraction of sp³-hybridized carbons (Fsp3) is 0.333. The Morgan fingerprint density at radius 2 is 1.80 bits per heavy atom. The van der Waals surface area contributed by atoms with E-state index in [9.17, 15) is 10.2 Å². The lowest BCUT2D eigenvalue weighted by atomic mass is 10.1. The first-order chi connectivity index (χ1) is 9.65. The lowest BCUT2D eigenvalue weighted by Gasteiger charge is -2.25. The molecule has 20 heavy (non-hydrogen) atoms. The monoisotopic (exact) mass is 292 g/mol. The molecule has 0 atom stereocenters. The third kappa shape index (κ3) is 3.30. The van der Waals surface area contributed by atoms with Crippen molar-refractivity contribution < 1.29 is 10.2 Å². The summed E-state index contributed by atoms with van der Waals surface area (Å²) in [4.78, 5) is 4.36. The van der Waals surface area contributed by atoms with Gasteiger partial charge in [0.15, 0.2) is 0 Å². The van der Waals surface area contributed by atoms with Gasteiger partial charge in [0.25, 0.3) is 0 Å². The highest BCUT2D eigenvalue weighted by atomic mass is 32.1. The highest BCUT2D eigenvalue weighted by Crippen LogP contribution is 2.36. The molecule has 0 aliphatic rings. The van der Waals surface area contributed by atoms with Crippen LogP contribution < -0.4 is 10.6 Å². The highest BCUT2D eigenvalue weighted by Gasteiger charge is 2.13. The molecule has 1 heterocycles. The molecular formula is C15H20N2O2S. The van der Waals surface area contributed by atoms with Crippen molar-refractivity contribution in [2.45, 2.75) is 6.92 Å². The van der Waals surface area contributed by atoms with Crippen molar-refractivity contribution in [3.05, 3.63) is 35.2 Å². The van der Waals surface area contributed by atoms with Crippen molar-refractivity contribution >= 4 is 22.7 Å². The van der Waals surface area contributed by atoms with Gasteiger partial charge < -0.3 is 20.8 Å². The lowest BCUT2D eigenvalue weighted by molar-refractivity contribution is 0.281. The molecule has 0 aliphatic carbocycles. The van der Waals surface area contributed by atoms with Crippen molar-refractivity contribution in [1.82, 2.24) is 0 Å². The van der Waals surface area contributed by atoms with Crippen LogP contribution in [0.25, 0.3) is 10.4 Å². The molecule has 2 rings (SSSR count). The second-order valence-electron chi connectivity index (χ2n) is 4.62. The predicted octanol–water partition coefficient (Wildman–Crippen LogP) is 2.10. The van der Waals surface area contributed by atoms with Gasteiger partial charge in [0, 0.05) is 39.8 Å². The summed E-state index contributed by atoms with van der Waals surface area (Å²) in [5.41, 5.74) is 8.65. The molecule has 1 aromatic carbocycles. The molecule has 0 bridgehead atoms. The first-order valence-corrected chi connectivity index (χ1v) is 7.40. The Morgan fingerprint density at radius 3 is 2.35 bits per heavy atom. The summed E-state index contributed by atoms with van der Waals surface area (Å²) in [6.45, 7) is 3.14. The van der Waals surface area contributed by atoms with Crippen LogP contribution in [0.3, 0.4) is 0 Å². The minimum absolute atomic E-state index is 0.0489. The quantitative estimate of drug-likeness (QED) is 0.713. The maximum Gasteiger partial charge on any atom is 0.0606 e. The molecule has 0 amide bonds. The lowest BCUT2D eigenvalue weighted by Crippen LogP contribution is -2.30. The van der Waals surface area contributed by atoms with Gasteiger partial charge in [0.05, 0.1) is 13.2 Å². The topological polar surface area (TPSA) is 69.7 Å². The summed E-state index contributed by atoms with van der Waals surface area (Å²) >= 11 is 1.71. The van der Waals surface area contributed by atoms with E-state index >= 15 is 0 Å². The number of hydrogen-bond acceptors (Lipinski definition) is 5. The molecule has 0 saturated carbocycles. The van der Waals surface area contributed by atoms with Gasteiger partial charge in [0.1, 0.15) is 0 Å². The number of nitrogens with zero attached hydrogens (tertiary/aromatic N) is 1. The first kappa shape index (κ1) is 14.8. The Kier molecular flexibility index (Phi) is 5.00. The number of nitrogens with two attached hydrogens (primary N) is 1. The van der Waals surface area contributed by atoms with E-state index in [0.29, 0.717) is 18.8 Å². The zero-order chi connectivity index (χ0) is 14.5. The predicted molar refractivity (Wildman–Crippen MR) is 85.3 cm³/mol. The number of thiophene rings is 1. The Labute approximate surface area is 123 Å². The molecule has 0 fully saturated rings. The largest absolute Gasteiger partial charge is 0.399 e. The fourth-order valence-electron chi connectivity index (χ4n) is 2.20. The van der Waals surface area contributed by atoms with E-state index in [0.717, 1.165) is 16.1 Å². The Balaban J connectivity index is 2.46. The Bertz CT molecular complexity index is 563. The van der Waals surface area contributed by atoms with Crippen LogP contribution in [0.5, 0.6) is 0 Å². The molecule has 4 N–H and O–H groups in total. The van der Waals surface area contributed by atoms with E-state index in [2.05, 4.69) is 19.1 Å². The number of rotatable bonds is 6. The minimum Gasteiger partial charge on any atom is -0.399 e. The highest BCUT2D eigenvalue weighted by molar-refractivity contribution is 7.15. The van der Waals surface area contributed by atoms with Gasteiger partial charge >= 0.3 is 0 Å². The third-order valence-electron chi connectivity index (χ3n) is 3.11. The number of aliphatic hydroxyl groups excluding tert-OH is 2. The summed E-state index contributed by atoms with van der Waals surface area (Å²) in [6, 6.07) is 9.90. The van der Waals surface area contributed by atoms with Crippen molar-refractivity contribution in [1.29, 1.82) is 0 Å². The van der Waals surface area contributed by atoms with Crippen molar-refractivity contribution in [3.63, 3.8) is 0 Å². The van der Waals surface area contributed by atoms with Crippen LogP contribution >= 0.6 is 11.3 Å². The van der Waals surface area contributed by atoms with E-state index in [1.807, 2.05) is 23.1 Å².